The van der Waals surface area contributed by atoms with Gasteiger partial charge in [-0.25, -0.2) is 4.89 Å². The molecular formula is C16H22O5. The van der Waals surface area contributed by atoms with E-state index in [4.69, 9.17) is 14.4 Å². The van der Waals surface area contributed by atoms with Crippen molar-refractivity contribution in [2.45, 2.75) is 40.2 Å². The van der Waals surface area contributed by atoms with Crippen molar-refractivity contribution >= 4 is 5.57 Å². The second-order valence-electron chi connectivity index (χ2n) is 4.91. The van der Waals surface area contributed by atoms with E-state index >= 15 is 0 Å². The summed E-state index contributed by atoms with van der Waals surface area (Å²) in [6, 6.07) is 0. The number of methoxy groups -OCH3 is 1. The molecule has 1 rings (SSSR count). The van der Waals surface area contributed by atoms with Crippen LogP contribution in [0.1, 0.15) is 37.2 Å². The smallest absolute Gasteiger partial charge is 0.291 e. The highest BCUT2D eigenvalue weighted by atomic mass is 17.1. The van der Waals surface area contributed by atoms with Crippen LogP contribution in [0.25, 0.3) is 5.57 Å². The van der Waals surface area contributed by atoms with Crippen molar-refractivity contribution < 1.29 is 19.3 Å². The quantitative estimate of drug-likeness (QED) is 0.494. The third-order valence-corrected chi connectivity index (χ3v) is 3.38. The van der Waals surface area contributed by atoms with Crippen LogP contribution >= 0.6 is 0 Å². The standard InChI is InChI=1S/C16H22O5/c1-7-13(21-18)9(2)8-10(3)15-11(4)14(17)12(5)16(19-6)20-15/h8,13,18H,2,7H2,1,3-6H3/b10-8-. The molecule has 5 heteroatoms. The summed E-state index contributed by atoms with van der Waals surface area (Å²) in [6.45, 7) is 10.9. The van der Waals surface area contributed by atoms with E-state index < -0.39 is 6.10 Å². The van der Waals surface area contributed by atoms with Gasteiger partial charge in [-0.1, -0.05) is 19.6 Å². The molecule has 0 aliphatic rings. The van der Waals surface area contributed by atoms with E-state index in [0.29, 0.717) is 34.5 Å². The molecule has 1 atom stereocenters. The monoisotopic (exact) mass is 294 g/mol. The number of ether oxygens (including phenoxy) is 1. The maximum Gasteiger partial charge on any atom is 0.291 e. The molecule has 0 spiro atoms. The SMILES string of the molecule is C=C(/C=C(/C)c1oc(OC)c(C)c(=O)c1C)C(CC)OO. The summed E-state index contributed by atoms with van der Waals surface area (Å²) < 4.78 is 10.7. The first-order valence-electron chi connectivity index (χ1n) is 6.73. The topological polar surface area (TPSA) is 68.9 Å². The van der Waals surface area contributed by atoms with Crippen LogP contribution in [-0.2, 0) is 4.89 Å². The van der Waals surface area contributed by atoms with Crippen LogP contribution in [-0.4, -0.2) is 18.5 Å². The highest BCUT2D eigenvalue weighted by Gasteiger charge is 2.16. The van der Waals surface area contributed by atoms with Gasteiger partial charge in [0, 0.05) is 5.56 Å². The van der Waals surface area contributed by atoms with Crippen molar-refractivity contribution in [1.29, 1.82) is 0 Å². The molecule has 1 heterocycles. The fraction of sp³-hybridized carbons (Fsp3) is 0.438. The summed E-state index contributed by atoms with van der Waals surface area (Å²) >= 11 is 0. The Kier molecular flexibility index (Phi) is 5.93. The predicted octanol–water partition coefficient (Wildman–Crippen LogP) is 3.49. The van der Waals surface area contributed by atoms with Crippen molar-refractivity contribution in [1.82, 2.24) is 0 Å². The maximum absolute atomic E-state index is 12.2. The molecule has 0 aliphatic heterocycles. The molecule has 116 valence electrons. The van der Waals surface area contributed by atoms with Gasteiger partial charge in [-0.15, -0.1) is 0 Å². The largest absolute Gasteiger partial charge is 0.468 e. The summed E-state index contributed by atoms with van der Waals surface area (Å²) in [7, 11) is 1.45. The first kappa shape index (κ1) is 17.2. The van der Waals surface area contributed by atoms with Gasteiger partial charge in [0.1, 0.15) is 11.9 Å². The van der Waals surface area contributed by atoms with E-state index in [0.717, 1.165) is 0 Å². The Labute approximate surface area is 124 Å². The van der Waals surface area contributed by atoms with E-state index in [1.54, 1.807) is 26.8 Å². The molecular weight excluding hydrogens is 272 g/mol. The molecule has 0 fully saturated rings. The second kappa shape index (κ2) is 7.24. The number of hydrogen-bond acceptors (Lipinski definition) is 5. The van der Waals surface area contributed by atoms with E-state index in [1.807, 2.05) is 6.92 Å². The van der Waals surface area contributed by atoms with Crippen LogP contribution in [0.2, 0.25) is 0 Å². The zero-order chi connectivity index (χ0) is 16.2. The van der Waals surface area contributed by atoms with Gasteiger partial charge in [0.25, 0.3) is 5.95 Å². The second-order valence-corrected chi connectivity index (χ2v) is 4.91. The minimum Gasteiger partial charge on any atom is -0.468 e. The van der Waals surface area contributed by atoms with Gasteiger partial charge in [-0.05, 0) is 38.3 Å². The lowest BCUT2D eigenvalue weighted by atomic mass is 10.0. The molecule has 0 aliphatic carbocycles. The van der Waals surface area contributed by atoms with Gasteiger partial charge < -0.3 is 9.15 Å². The van der Waals surface area contributed by atoms with Crippen LogP contribution < -0.4 is 10.2 Å². The average molecular weight is 294 g/mol. The van der Waals surface area contributed by atoms with Gasteiger partial charge in [0.15, 0.2) is 5.43 Å². The van der Waals surface area contributed by atoms with Crippen molar-refractivity contribution in [2.75, 3.05) is 7.11 Å². The Bertz CT molecular complexity index is 606. The molecule has 0 aromatic carbocycles. The van der Waals surface area contributed by atoms with Crippen molar-refractivity contribution in [3.63, 3.8) is 0 Å². The summed E-state index contributed by atoms with van der Waals surface area (Å²) in [4.78, 5) is 16.5. The van der Waals surface area contributed by atoms with Crippen LogP contribution in [0.3, 0.4) is 0 Å². The van der Waals surface area contributed by atoms with Gasteiger partial charge >= 0.3 is 0 Å². The lowest BCUT2D eigenvalue weighted by Gasteiger charge is -2.13. The predicted molar refractivity (Wildman–Crippen MR) is 81.6 cm³/mol. The van der Waals surface area contributed by atoms with Gasteiger partial charge in [0.05, 0.1) is 12.7 Å². The summed E-state index contributed by atoms with van der Waals surface area (Å²) in [5.74, 6) is 0.640. The summed E-state index contributed by atoms with van der Waals surface area (Å²) in [5, 5.41) is 8.81. The van der Waals surface area contributed by atoms with Crippen LogP contribution in [0.5, 0.6) is 5.95 Å². The number of hydrogen-bond donors (Lipinski definition) is 1. The molecule has 21 heavy (non-hydrogen) atoms. The summed E-state index contributed by atoms with van der Waals surface area (Å²) in [5.41, 5.74) is 2.14. The molecule has 0 bridgehead atoms. The van der Waals surface area contributed by atoms with Crippen LogP contribution in [0.4, 0.5) is 0 Å². The Balaban J connectivity index is 3.31. The Morgan fingerprint density at radius 1 is 1.43 bits per heavy atom. The lowest BCUT2D eigenvalue weighted by molar-refractivity contribution is -0.268. The third-order valence-electron chi connectivity index (χ3n) is 3.38. The molecule has 5 nitrogen and oxygen atoms in total. The highest BCUT2D eigenvalue weighted by molar-refractivity contribution is 5.65. The van der Waals surface area contributed by atoms with E-state index in [2.05, 4.69) is 11.5 Å². The lowest BCUT2D eigenvalue weighted by Crippen LogP contribution is -2.13. The minimum absolute atomic E-state index is 0.114. The average Bonchev–Trinajstić information content (AvgIpc) is 2.46. The zero-order valence-electron chi connectivity index (χ0n) is 13.1. The molecule has 0 saturated heterocycles. The van der Waals surface area contributed by atoms with Crippen molar-refractivity contribution in [2.24, 2.45) is 0 Å². The highest BCUT2D eigenvalue weighted by Crippen LogP contribution is 2.25. The zero-order valence-corrected chi connectivity index (χ0v) is 13.1. The fourth-order valence-electron chi connectivity index (χ4n) is 2.13. The number of rotatable bonds is 6. The van der Waals surface area contributed by atoms with Crippen molar-refractivity contribution in [3.8, 4) is 5.95 Å². The maximum atomic E-state index is 12.2. The molecule has 1 unspecified atom stereocenters. The van der Waals surface area contributed by atoms with Gasteiger partial charge in [0.2, 0.25) is 0 Å². The first-order valence-corrected chi connectivity index (χ1v) is 6.73. The van der Waals surface area contributed by atoms with E-state index in [9.17, 15) is 4.79 Å². The molecule has 1 aromatic heterocycles. The van der Waals surface area contributed by atoms with Crippen LogP contribution in [0.15, 0.2) is 27.4 Å². The summed E-state index contributed by atoms with van der Waals surface area (Å²) in [6.07, 6.45) is 1.82. The Hall–Kier alpha value is -1.85. The number of allylic oxidation sites excluding steroid dienone is 1. The Morgan fingerprint density at radius 3 is 2.52 bits per heavy atom. The fourth-order valence-corrected chi connectivity index (χ4v) is 2.13. The molecule has 1 N–H and O–H groups in total. The Morgan fingerprint density at radius 2 is 2.05 bits per heavy atom. The normalized spacial score (nSPS) is 13.1. The third kappa shape index (κ3) is 3.62. The van der Waals surface area contributed by atoms with E-state index in [1.165, 1.54) is 7.11 Å². The van der Waals surface area contributed by atoms with E-state index in [-0.39, 0.29) is 11.4 Å². The molecule has 0 saturated carbocycles. The van der Waals surface area contributed by atoms with Crippen molar-refractivity contribution in [3.05, 3.63) is 45.3 Å². The minimum atomic E-state index is -0.487. The molecule has 0 radical (unpaired) electrons. The van der Waals surface area contributed by atoms with Gasteiger partial charge in [-0.3, -0.25) is 10.1 Å². The molecule has 0 amide bonds. The van der Waals surface area contributed by atoms with Crippen LogP contribution in [0, 0.1) is 13.8 Å². The first-order chi connectivity index (χ1) is 9.87. The van der Waals surface area contributed by atoms with Gasteiger partial charge in [-0.2, -0.15) is 0 Å². The molecule has 1 aromatic rings.